The zero-order chi connectivity index (χ0) is 17.7. The van der Waals surface area contributed by atoms with Crippen LogP contribution in [0.3, 0.4) is 0 Å². The van der Waals surface area contributed by atoms with Gasteiger partial charge in [-0.25, -0.2) is 8.42 Å². The molecule has 1 aliphatic rings. The molecule has 130 valence electrons. The second-order valence-electron chi connectivity index (χ2n) is 5.66. The minimum absolute atomic E-state index is 0.0142. The fourth-order valence-electron chi connectivity index (χ4n) is 2.38. The van der Waals surface area contributed by atoms with E-state index in [1.54, 1.807) is 37.4 Å². The van der Waals surface area contributed by atoms with Gasteiger partial charge in [0.2, 0.25) is 11.8 Å². The maximum absolute atomic E-state index is 12.0. The van der Waals surface area contributed by atoms with Crippen molar-refractivity contribution in [1.82, 2.24) is 10.2 Å². The molecule has 2 rings (SSSR count). The Hall–Kier alpha value is -1.86. The predicted octanol–water partition coefficient (Wildman–Crippen LogP) is 1.11. The standard InChI is InChI=1S/C16H19ClN2O4S/c1-19(14-8-9-24(22,23)11-14)16(21)10-18-15(20)7-4-12-2-5-13(17)6-3-12/h2-7,14H,8-11H2,1H3,(H,18,20). The van der Waals surface area contributed by atoms with Gasteiger partial charge in [0.05, 0.1) is 18.1 Å². The van der Waals surface area contributed by atoms with Crippen LogP contribution in [0.15, 0.2) is 30.3 Å². The van der Waals surface area contributed by atoms with Gasteiger partial charge in [-0.2, -0.15) is 0 Å². The Morgan fingerprint density at radius 2 is 2.00 bits per heavy atom. The minimum atomic E-state index is -3.05. The highest BCUT2D eigenvalue weighted by Gasteiger charge is 2.32. The summed E-state index contributed by atoms with van der Waals surface area (Å²) in [4.78, 5) is 25.2. The molecule has 0 aliphatic carbocycles. The van der Waals surface area contributed by atoms with E-state index in [1.807, 2.05) is 0 Å². The summed E-state index contributed by atoms with van der Waals surface area (Å²) in [7, 11) is -1.49. The normalized spacial score (nSPS) is 19.3. The van der Waals surface area contributed by atoms with E-state index in [4.69, 9.17) is 11.6 Å². The first-order valence-corrected chi connectivity index (χ1v) is 9.64. The first kappa shape index (κ1) is 18.5. The molecule has 0 aromatic heterocycles. The van der Waals surface area contributed by atoms with Gasteiger partial charge in [0, 0.05) is 24.2 Å². The highest BCUT2D eigenvalue weighted by atomic mass is 35.5. The number of rotatable bonds is 5. The van der Waals surface area contributed by atoms with Crippen molar-refractivity contribution in [2.24, 2.45) is 0 Å². The van der Waals surface area contributed by atoms with E-state index >= 15 is 0 Å². The molecule has 6 nitrogen and oxygen atoms in total. The van der Waals surface area contributed by atoms with E-state index in [0.29, 0.717) is 11.4 Å². The smallest absolute Gasteiger partial charge is 0.244 e. The molecule has 1 heterocycles. The molecule has 1 aromatic rings. The number of nitrogens with one attached hydrogen (secondary N) is 1. The molecular weight excluding hydrogens is 352 g/mol. The lowest BCUT2D eigenvalue weighted by atomic mass is 10.2. The van der Waals surface area contributed by atoms with E-state index in [0.717, 1.165) is 5.56 Å². The third-order valence-electron chi connectivity index (χ3n) is 3.86. The van der Waals surface area contributed by atoms with Crippen LogP contribution in [-0.2, 0) is 19.4 Å². The number of halogens is 1. The molecule has 1 saturated heterocycles. The van der Waals surface area contributed by atoms with Crippen molar-refractivity contribution in [2.45, 2.75) is 12.5 Å². The molecular formula is C16H19ClN2O4S. The summed E-state index contributed by atoms with van der Waals surface area (Å²) in [5.74, 6) is -0.624. The summed E-state index contributed by atoms with van der Waals surface area (Å²) in [6, 6.07) is 6.65. The van der Waals surface area contributed by atoms with Gasteiger partial charge in [0.25, 0.3) is 0 Å². The van der Waals surface area contributed by atoms with Crippen LogP contribution in [0.5, 0.6) is 0 Å². The van der Waals surface area contributed by atoms with Gasteiger partial charge in [-0.3, -0.25) is 9.59 Å². The molecule has 1 N–H and O–H groups in total. The van der Waals surface area contributed by atoms with E-state index in [2.05, 4.69) is 5.32 Å². The lowest BCUT2D eigenvalue weighted by Crippen LogP contribution is -2.43. The van der Waals surface area contributed by atoms with Crippen LogP contribution in [0.2, 0.25) is 5.02 Å². The van der Waals surface area contributed by atoms with Crippen LogP contribution in [0.1, 0.15) is 12.0 Å². The third kappa shape index (κ3) is 5.35. The average molecular weight is 371 g/mol. The molecule has 1 aromatic carbocycles. The summed E-state index contributed by atoms with van der Waals surface area (Å²) in [5.41, 5.74) is 0.814. The minimum Gasteiger partial charge on any atom is -0.343 e. The van der Waals surface area contributed by atoms with Crippen molar-refractivity contribution in [1.29, 1.82) is 0 Å². The highest BCUT2D eigenvalue weighted by molar-refractivity contribution is 7.91. The van der Waals surface area contributed by atoms with E-state index in [9.17, 15) is 18.0 Å². The largest absolute Gasteiger partial charge is 0.343 e. The lowest BCUT2D eigenvalue weighted by molar-refractivity contribution is -0.132. The Balaban J connectivity index is 1.80. The van der Waals surface area contributed by atoms with Gasteiger partial charge < -0.3 is 10.2 Å². The number of carbonyl (C=O) groups excluding carboxylic acids is 2. The summed E-state index contributed by atoms with van der Waals surface area (Å²) >= 11 is 5.78. The van der Waals surface area contributed by atoms with Crippen molar-refractivity contribution in [3.63, 3.8) is 0 Å². The van der Waals surface area contributed by atoms with Crippen molar-refractivity contribution < 1.29 is 18.0 Å². The Kier molecular flexibility index (Phi) is 6.01. The molecule has 1 atom stereocenters. The van der Waals surface area contributed by atoms with Crippen LogP contribution in [-0.4, -0.2) is 56.3 Å². The van der Waals surface area contributed by atoms with Crippen molar-refractivity contribution in [2.75, 3.05) is 25.1 Å². The van der Waals surface area contributed by atoms with Crippen LogP contribution >= 0.6 is 11.6 Å². The summed E-state index contributed by atoms with van der Waals surface area (Å²) in [6.45, 7) is -0.170. The number of hydrogen-bond acceptors (Lipinski definition) is 4. The Labute approximate surface area is 146 Å². The Morgan fingerprint density at radius 3 is 2.58 bits per heavy atom. The number of sulfone groups is 1. The maximum Gasteiger partial charge on any atom is 0.244 e. The molecule has 1 unspecified atom stereocenters. The number of carbonyl (C=O) groups is 2. The number of likely N-dealkylation sites (N-methyl/N-ethyl adjacent to an activating group) is 1. The molecule has 8 heteroatoms. The second-order valence-corrected chi connectivity index (χ2v) is 8.33. The summed E-state index contributed by atoms with van der Waals surface area (Å²) in [6.07, 6.45) is 3.38. The van der Waals surface area contributed by atoms with Gasteiger partial charge in [-0.05, 0) is 30.2 Å². The predicted molar refractivity (Wildman–Crippen MR) is 93.3 cm³/mol. The molecule has 0 spiro atoms. The van der Waals surface area contributed by atoms with Gasteiger partial charge in [-0.1, -0.05) is 23.7 Å². The van der Waals surface area contributed by atoms with Crippen molar-refractivity contribution >= 4 is 39.3 Å². The monoisotopic (exact) mass is 370 g/mol. The Morgan fingerprint density at radius 1 is 1.33 bits per heavy atom. The zero-order valence-electron chi connectivity index (χ0n) is 13.2. The third-order valence-corrected chi connectivity index (χ3v) is 5.86. The Bertz CT molecular complexity index is 744. The fourth-order valence-corrected chi connectivity index (χ4v) is 4.28. The van der Waals surface area contributed by atoms with Crippen LogP contribution in [0.4, 0.5) is 0 Å². The van der Waals surface area contributed by atoms with Gasteiger partial charge >= 0.3 is 0 Å². The van der Waals surface area contributed by atoms with Crippen LogP contribution in [0.25, 0.3) is 6.08 Å². The van der Waals surface area contributed by atoms with Gasteiger partial charge in [0.1, 0.15) is 0 Å². The van der Waals surface area contributed by atoms with Crippen molar-refractivity contribution in [3.05, 3.63) is 40.9 Å². The van der Waals surface area contributed by atoms with Gasteiger partial charge in [0.15, 0.2) is 9.84 Å². The second kappa shape index (κ2) is 7.81. The zero-order valence-corrected chi connectivity index (χ0v) is 14.8. The first-order chi connectivity index (χ1) is 11.3. The number of hydrogen-bond donors (Lipinski definition) is 1. The maximum atomic E-state index is 12.0. The average Bonchev–Trinajstić information content (AvgIpc) is 2.91. The topological polar surface area (TPSA) is 83.6 Å². The molecule has 0 bridgehead atoms. The van der Waals surface area contributed by atoms with Gasteiger partial charge in [-0.15, -0.1) is 0 Å². The lowest BCUT2D eigenvalue weighted by Gasteiger charge is -2.23. The summed E-state index contributed by atoms with van der Waals surface area (Å²) < 4.78 is 22.9. The fraction of sp³-hybridized carbons (Fsp3) is 0.375. The number of amides is 2. The molecule has 24 heavy (non-hydrogen) atoms. The SMILES string of the molecule is CN(C(=O)CNC(=O)C=Cc1ccc(Cl)cc1)C1CCS(=O)(=O)C1. The molecule has 1 fully saturated rings. The van der Waals surface area contributed by atoms with E-state index < -0.39 is 15.7 Å². The molecule has 1 aliphatic heterocycles. The quantitative estimate of drug-likeness (QED) is 0.787. The highest BCUT2D eigenvalue weighted by Crippen LogP contribution is 2.16. The first-order valence-electron chi connectivity index (χ1n) is 7.44. The van der Waals surface area contributed by atoms with E-state index in [-0.39, 0.29) is 30.0 Å². The number of nitrogens with zero attached hydrogens (tertiary/aromatic N) is 1. The van der Waals surface area contributed by atoms with Crippen LogP contribution in [0, 0.1) is 0 Å². The number of benzene rings is 1. The molecule has 0 saturated carbocycles. The molecule has 0 radical (unpaired) electrons. The van der Waals surface area contributed by atoms with E-state index in [1.165, 1.54) is 11.0 Å². The molecule has 2 amide bonds. The van der Waals surface area contributed by atoms with Crippen molar-refractivity contribution in [3.8, 4) is 0 Å². The summed E-state index contributed by atoms with van der Waals surface area (Å²) in [5, 5.41) is 3.11. The van der Waals surface area contributed by atoms with Crippen LogP contribution < -0.4 is 5.32 Å².